The minimum absolute atomic E-state index is 0.727. The molecule has 0 saturated carbocycles. The SMILES string of the molecule is Cc1cc(C)n(-c2ccc(N3CCN(C[C@H]4CCOC4)CC3)nc2)n1. The summed E-state index contributed by atoms with van der Waals surface area (Å²) in [6.07, 6.45) is 3.15. The van der Waals surface area contributed by atoms with Crippen molar-refractivity contribution in [2.45, 2.75) is 20.3 Å². The number of hydrogen-bond donors (Lipinski definition) is 0. The van der Waals surface area contributed by atoms with Crippen LogP contribution in [0.1, 0.15) is 17.8 Å². The molecule has 0 amide bonds. The van der Waals surface area contributed by atoms with Gasteiger partial charge in [-0.05, 0) is 44.4 Å². The second-order valence-electron chi connectivity index (χ2n) is 7.23. The van der Waals surface area contributed by atoms with Crippen LogP contribution in [-0.2, 0) is 4.74 Å². The maximum absolute atomic E-state index is 5.49. The van der Waals surface area contributed by atoms with Gasteiger partial charge in [0.05, 0.1) is 24.2 Å². The van der Waals surface area contributed by atoms with Gasteiger partial charge in [0.15, 0.2) is 0 Å². The average Bonchev–Trinajstić information content (AvgIpc) is 3.25. The number of piperazine rings is 1. The fourth-order valence-corrected chi connectivity index (χ4v) is 3.83. The lowest BCUT2D eigenvalue weighted by molar-refractivity contribution is 0.164. The molecule has 0 aromatic carbocycles. The Morgan fingerprint density at radius 1 is 1.16 bits per heavy atom. The Labute approximate surface area is 149 Å². The Morgan fingerprint density at radius 3 is 2.60 bits per heavy atom. The Kier molecular flexibility index (Phi) is 4.72. The molecule has 0 unspecified atom stereocenters. The second kappa shape index (κ2) is 7.14. The van der Waals surface area contributed by atoms with Gasteiger partial charge in [-0.2, -0.15) is 5.10 Å². The van der Waals surface area contributed by atoms with Crippen molar-refractivity contribution in [3.8, 4) is 5.69 Å². The maximum atomic E-state index is 5.49. The van der Waals surface area contributed by atoms with E-state index in [1.54, 1.807) is 0 Å². The number of aromatic nitrogens is 3. The van der Waals surface area contributed by atoms with Crippen LogP contribution in [0.3, 0.4) is 0 Å². The molecule has 2 aliphatic heterocycles. The van der Waals surface area contributed by atoms with Crippen LogP contribution in [0.5, 0.6) is 0 Å². The molecule has 0 bridgehead atoms. The van der Waals surface area contributed by atoms with Crippen LogP contribution in [0.2, 0.25) is 0 Å². The first kappa shape index (κ1) is 16.5. The Bertz CT molecular complexity index is 697. The van der Waals surface area contributed by atoms with Crippen molar-refractivity contribution in [3.05, 3.63) is 35.8 Å². The summed E-state index contributed by atoms with van der Waals surface area (Å²) in [7, 11) is 0. The van der Waals surface area contributed by atoms with E-state index in [2.05, 4.69) is 45.0 Å². The number of rotatable bonds is 4. The monoisotopic (exact) mass is 341 g/mol. The number of ether oxygens (including phenoxy) is 1. The molecule has 4 rings (SSSR count). The molecule has 2 saturated heterocycles. The van der Waals surface area contributed by atoms with Crippen LogP contribution in [0.15, 0.2) is 24.4 Å². The van der Waals surface area contributed by atoms with Gasteiger partial charge in [0.2, 0.25) is 0 Å². The summed E-state index contributed by atoms with van der Waals surface area (Å²) in [4.78, 5) is 9.64. The van der Waals surface area contributed by atoms with Gasteiger partial charge in [-0.1, -0.05) is 0 Å². The molecule has 0 N–H and O–H groups in total. The van der Waals surface area contributed by atoms with E-state index in [1.165, 1.54) is 13.0 Å². The number of anilines is 1. The summed E-state index contributed by atoms with van der Waals surface area (Å²) < 4.78 is 7.44. The summed E-state index contributed by atoms with van der Waals surface area (Å²) in [6.45, 7) is 11.4. The third-order valence-electron chi connectivity index (χ3n) is 5.22. The van der Waals surface area contributed by atoms with Crippen molar-refractivity contribution in [2.75, 3.05) is 50.8 Å². The molecule has 2 aliphatic rings. The molecule has 0 radical (unpaired) electrons. The van der Waals surface area contributed by atoms with Crippen LogP contribution in [0.25, 0.3) is 5.69 Å². The number of aryl methyl sites for hydroxylation is 2. The van der Waals surface area contributed by atoms with Crippen molar-refractivity contribution in [3.63, 3.8) is 0 Å². The van der Waals surface area contributed by atoms with Gasteiger partial charge in [-0.25, -0.2) is 9.67 Å². The molecule has 6 nitrogen and oxygen atoms in total. The normalized spacial score (nSPS) is 21.8. The van der Waals surface area contributed by atoms with Gasteiger partial charge >= 0.3 is 0 Å². The summed E-state index contributed by atoms with van der Waals surface area (Å²) in [5.41, 5.74) is 3.19. The third-order valence-corrected chi connectivity index (χ3v) is 5.22. The van der Waals surface area contributed by atoms with Crippen LogP contribution in [0.4, 0.5) is 5.82 Å². The summed E-state index contributed by atoms with van der Waals surface area (Å²) in [5.74, 6) is 1.79. The number of pyridine rings is 1. The fraction of sp³-hybridized carbons (Fsp3) is 0.579. The topological polar surface area (TPSA) is 46.4 Å². The van der Waals surface area contributed by atoms with Crippen LogP contribution in [0, 0.1) is 19.8 Å². The minimum atomic E-state index is 0.727. The van der Waals surface area contributed by atoms with Crippen molar-refractivity contribution in [1.29, 1.82) is 0 Å². The van der Waals surface area contributed by atoms with Crippen molar-refractivity contribution in [2.24, 2.45) is 5.92 Å². The van der Waals surface area contributed by atoms with Gasteiger partial charge in [0, 0.05) is 45.0 Å². The summed E-state index contributed by atoms with van der Waals surface area (Å²) in [6, 6.07) is 6.32. The highest BCUT2D eigenvalue weighted by molar-refractivity contribution is 5.44. The molecule has 134 valence electrons. The predicted molar refractivity (Wildman–Crippen MR) is 98.4 cm³/mol. The van der Waals surface area contributed by atoms with E-state index in [9.17, 15) is 0 Å². The Hall–Kier alpha value is -1.92. The van der Waals surface area contributed by atoms with Crippen LogP contribution < -0.4 is 4.90 Å². The minimum Gasteiger partial charge on any atom is -0.381 e. The Balaban J connectivity index is 1.36. The third kappa shape index (κ3) is 3.70. The largest absolute Gasteiger partial charge is 0.381 e. The average molecular weight is 341 g/mol. The lowest BCUT2D eigenvalue weighted by Crippen LogP contribution is -2.48. The van der Waals surface area contributed by atoms with E-state index in [0.29, 0.717) is 0 Å². The van der Waals surface area contributed by atoms with Crippen LogP contribution in [-0.4, -0.2) is 65.6 Å². The molecule has 0 aliphatic carbocycles. The fourth-order valence-electron chi connectivity index (χ4n) is 3.83. The molecular formula is C19H27N5O. The first-order chi connectivity index (χ1) is 12.2. The molecule has 2 aromatic heterocycles. The quantitative estimate of drug-likeness (QED) is 0.852. The van der Waals surface area contributed by atoms with E-state index < -0.39 is 0 Å². The van der Waals surface area contributed by atoms with Crippen molar-refractivity contribution < 1.29 is 4.74 Å². The predicted octanol–water partition coefficient (Wildman–Crippen LogP) is 2.04. The molecule has 2 aromatic rings. The highest BCUT2D eigenvalue weighted by atomic mass is 16.5. The van der Waals surface area contributed by atoms with E-state index in [0.717, 1.165) is 68.2 Å². The van der Waals surface area contributed by atoms with E-state index in [-0.39, 0.29) is 0 Å². The lowest BCUT2D eigenvalue weighted by Gasteiger charge is -2.36. The van der Waals surface area contributed by atoms with Gasteiger partial charge in [-0.15, -0.1) is 0 Å². The van der Waals surface area contributed by atoms with E-state index >= 15 is 0 Å². The first-order valence-corrected chi connectivity index (χ1v) is 9.24. The zero-order chi connectivity index (χ0) is 17.2. The standard InChI is InChI=1S/C19H27N5O/c1-15-11-16(2)24(21-15)18-3-4-19(20-12-18)23-8-6-22(7-9-23)13-17-5-10-25-14-17/h3-4,11-12,17H,5-10,13-14H2,1-2H3/t17-/m1/s1. The zero-order valence-electron chi connectivity index (χ0n) is 15.2. The van der Waals surface area contributed by atoms with E-state index in [1.807, 2.05) is 17.8 Å². The summed E-state index contributed by atoms with van der Waals surface area (Å²) in [5, 5.41) is 4.53. The number of nitrogens with zero attached hydrogens (tertiary/aromatic N) is 5. The van der Waals surface area contributed by atoms with Crippen molar-refractivity contribution in [1.82, 2.24) is 19.7 Å². The highest BCUT2D eigenvalue weighted by Gasteiger charge is 2.23. The lowest BCUT2D eigenvalue weighted by atomic mass is 10.1. The molecule has 0 spiro atoms. The number of hydrogen-bond acceptors (Lipinski definition) is 5. The highest BCUT2D eigenvalue weighted by Crippen LogP contribution is 2.19. The zero-order valence-corrected chi connectivity index (χ0v) is 15.2. The van der Waals surface area contributed by atoms with Gasteiger partial charge in [0.1, 0.15) is 5.82 Å². The van der Waals surface area contributed by atoms with Gasteiger partial charge < -0.3 is 9.64 Å². The molecule has 25 heavy (non-hydrogen) atoms. The summed E-state index contributed by atoms with van der Waals surface area (Å²) >= 11 is 0. The molecule has 4 heterocycles. The smallest absolute Gasteiger partial charge is 0.128 e. The second-order valence-corrected chi connectivity index (χ2v) is 7.23. The molecule has 1 atom stereocenters. The van der Waals surface area contributed by atoms with Gasteiger partial charge in [0.25, 0.3) is 0 Å². The van der Waals surface area contributed by atoms with E-state index in [4.69, 9.17) is 4.74 Å². The maximum Gasteiger partial charge on any atom is 0.128 e. The van der Waals surface area contributed by atoms with Crippen LogP contribution >= 0.6 is 0 Å². The molecule has 6 heteroatoms. The first-order valence-electron chi connectivity index (χ1n) is 9.24. The molecular weight excluding hydrogens is 314 g/mol. The molecule has 2 fully saturated rings. The van der Waals surface area contributed by atoms with Crippen molar-refractivity contribution >= 4 is 5.82 Å². The van der Waals surface area contributed by atoms with Gasteiger partial charge in [-0.3, -0.25) is 4.90 Å². The Morgan fingerprint density at radius 2 is 2.00 bits per heavy atom.